The number of carboxylic acids is 2. The van der Waals surface area contributed by atoms with Crippen molar-refractivity contribution in [2.24, 2.45) is 0 Å². The second kappa shape index (κ2) is 11.9. The molecule has 1 aromatic carbocycles. The van der Waals surface area contributed by atoms with Crippen molar-refractivity contribution in [3.63, 3.8) is 0 Å². The summed E-state index contributed by atoms with van der Waals surface area (Å²) in [6.07, 6.45) is 0.684. The predicted octanol–water partition coefficient (Wildman–Crippen LogP) is 0.800. The van der Waals surface area contributed by atoms with Crippen LogP contribution in [0.4, 0.5) is 5.69 Å². The highest BCUT2D eigenvalue weighted by Crippen LogP contribution is 2.21. The van der Waals surface area contributed by atoms with Crippen molar-refractivity contribution >= 4 is 34.5 Å². The summed E-state index contributed by atoms with van der Waals surface area (Å²) in [5, 5.41) is 30.2. The Bertz CT molecular complexity index is 1070. The van der Waals surface area contributed by atoms with Gasteiger partial charge in [0.05, 0.1) is 18.5 Å². The minimum Gasteiger partial charge on any atom is -0.480 e. The Balaban J connectivity index is 1.89. The fourth-order valence-electron chi connectivity index (χ4n) is 3.48. The number of hydrogen-bond acceptors (Lipinski definition) is 9. The highest BCUT2D eigenvalue weighted by Gasteiger charge is 2.27. The van der Waals surface area contributed by atoms with E-state index in [1.807, 2.05) is 0 Å². The molecule has 33 heavy (non-hydrogen) atoms. The van der Waals surface area contributed by atoms with Gasteiger partial charge in [-0.1, -0.05) is 0 Å². The van der Waals surface area contributed by atoms with Crippen molar-refractivity contribution in [2.45, 2.75) is 38.6 Å². The number of aryl methyl sites for hydroxylation is 1. The van der Waals surface area contributed by atoms with E-state index >= 15 is 0 Å². The number of nitrogens with two attached hydrogens (primary N) is 1. The van der Waals surface area contributed by atoms with E-state index < -0.39 is 42.8 Å². The van der Waals surface area contributed by atoms with Crippen LogP contribution in [-0.2, 0) is 25.7 Å². The van der Waals surface area contributed by atoms with Crippen molar-refractivity contribution < 1.29 is 39.2 Å². The predicted molar refractivity (Wildman–Crippen MR) is 117 cm³/mol. The average molecular weight is 465 g/mol. The molecule has 1 heterocycles. The maximum Gasteiger partial charge on any atom is 0.340 e. The van der Waals surface area contributed by atoms with E-state index in [9.17, 15) is 24.3 Å². The number of rotatable bonds is 13. The lowest BCUT2D eigenvalue weighted by Crippen LogP contribution is -2.45. The number of anilines is 1. The van der Waals surface area contributed by atoms with Crippen LogP contribution in [0.1, 0.15) is 30.4 Å². The normalized spacial score (nSPS) is 12.1. The van der Waals surface area contributed by atoms with Crippen LogP contribution in [0.15, 0.2) is 27.4 Å². The number of nitrogens with zero attached hydrogens (tertiary/aromatic N) is 1. The topological polar surface area (TPSA) is 193 Å². The molecule has 0 saturated heterocycles. The van der Waals surface area contributed by atoms with Crippen molar-refractivity contribution in [3.8, 4) is 0 Å². The van der Waals surface area contributed by atoms with Crippen LogP contribution in [0.3, 0.4) is 0 Å². The van der Waals surface area contributed by atoms with Gasteiger partial charge in [0.2, 0.25) is 5.91 Å². The quantitative estimate of drug-likeness (QED) is 0.0701. The monoisotopic (exact) mass is 465 g/mol. The minimum atomic E-state index is -1.26. The van der Waals surface area contributed by atoms with Crippen LogP contribution < -0.4 is 16.7 Å². The maximum absolute atomic E-state index is 12.3. The molecule has 1 amide bonds. The van der Waals surface area contributed by atoms with E-state index in [1.165, 1.54) is 0 Å². The number of nitrogen functional groups attached to an aromatic ring is 1. The van der Waals surface area contributed by atoms with Crippen LogP contribution in [-0.4, -0.2) is 64.1 Å². The fourth-order valence-corrected chi connectivity index (χ4v) is 3.48. The number of amides is 1. The van der Waals surface area contributed by atoms with Gasteiger partial charge < -0.3 is 25.7 Å². The Kier molecular flexibility index (Phi) is 9.33. The molecular formula is C21H27N3O9. The summed E-state index contributed by atoms with van der Waals surface area (Å²) in [6.45, 7) is 0.771. The Labute approximate surface area is 188 Å². The molecule has 0 aliphatic rings. The molecule has 0 aliphatic carbocycles. The van der Waals surface area contributed by atoms with Crippen molar-refractivity contribution in [1.82, 2.24) is 10.2 Å². The molecule has 0 bridgehead atoms. The summed E-state index contributed by atoms with van der Waals surface area (Å²) in [5.74, 6) is -2.91. The van der Waals surface area contributed by atoms with E-state index in [0.717, 1.165) is 4.90 Å². The third-order valence-corrected chi connectivity index (χ3v) is 5.16. The Morgan fingerprint density at radius 1 is 1.24 bits per heavy atom. The van der Waals surface area contributed by atoms with Gasteiger partial charge in [-0.15, -0.1) is 0 Å². The lowest BCUT2D eigenvalue weighted by atomic mass is 10.0. The number of fused-ring (bicyclic) bond motifs is 1. The smallest absolute Gasteiger partial charge is 0.340 e. The van der Waals surface area contributed by atoms with Gasteiger partial charge in [-0.3, -0.25) is 24.5 Å². The third kappa shape index (κ3) is 7.27. The number of hydrogen-bond donors (Lipinski definition) is 5. The third-order valence-electron chi connectivity index (χ3n) is 5.16. The number of aliphatic carboxylic acids is 2. The van der Waals surface area contributed by atoms with Crippen LogP contribution in [0.25, 0.3) is 11.0 Å². The molecule has 12 nitrogen and oxygen atoms in total. The molecule has 6 N–H and O–H groups in total. The highest BCUT2D eigenvalue weighted by molar-refractivity contribution is 5.86. The summed E-state index contributed by atoms with van der Waals surface area (Å²) in [6, 6.07) is 3.76. The van der Waals surface area contributed by atoms with E-state index in [2.05, 4.69) is 10.2 Å². The molecule has 180 valence electrons. The molecule has 1 unspecified atom stereocenters. The van der Waals surface area contributed by atoms with E-state index in [0.29, 0.717) is 35.1 Å². The molecule has 1 aromatic heterocycles. The Hall–Kier alpha value is -3.48. The minimum absolute atomic E-state index is 0.0817. The lowest BCUT2D eigenvalue weighted by molar-refractivity contribution is -0.272. The second-order valence-electron chi connectivity index (χ2n) is 7.52. The average Bonchev–Trinajstić information content (AvgIpc) is 2.72. The number of unbranched alkanes of at least 4 members (excludes halogenated alkanes) is 1. The van der Waals surface area contributed by atoms with Gasteiger partial charge in [0.1, 0.15) is 18.4 Å². The summed E-state index contributed by atoms with van der Waals surface area (Å²) in [7, 11) is 0. The van der Waals surface area contributed by atoms with Gasteiger partial charge >= 0.3 is 17.6 Å². The van der Waals surface area contributed by atoms with Gasteiger partial charge in [-0.2, -0.15) is 0 Å². The first-order chi connectivity index (χ1) is 15.6. The Morgan fingerprint density at radius 3 is 2.61 bits per heavy atom. The standard InChI is InChI=1S/C21H27N3O9/c1-12-14-6-5-13(22)8-17(14)33-21(30)15(12)9-18(25)23-7-3-2-4-16(20(28)29)24(11-32-31)10-19(26)27/h5-6,8,16,31H,2-4,7,9-11,22H2,1H3,(H,23,25)(H,26,27)(H,28,29). The number of benzene rings is 1. The van der Waals surface area contributed by atoms with Crippen molar-refractivity contribution in [1.29, 1.82) is 0 Å². The molecule has 2 rings (SSSR count). The van der Waals surface area contributed by atoms with Crippen LogP contribution in [0.2, 0.25) is 0 Å². The zero-order valence-electron chi connectivity index (χ0n) is 18.1. The highest BCUT2D eigenvalue weighted by atomic mass is 17.1. The van der Waals surface area contributed by atoms with Crippen molar-refractivity contribution in [2.75, 3.05) is 25.6 Å². The molecule has 2 aromatic rings. The molecule has 0 fully saturated rings. The van der Waals surface area contributed by atoms with Gasteiger partial charge in [0.15, 0.2) is 0 Å². The lowest BCUT2D eigenvalue weighted by Gasteiger charge is -2.25. The first-order valence-corrected chi connectivity index (χ1v) is 10.2. The van der Waals surface area contributed by atoms with Gasteiger partial charge in [-0.05, 0) is 43.9 Å². The molecule has 0 radical (unpaired) electrons. The summed E-state index contributed by atoms with van der Waals surface area (Å²) in [4.78, 5) is 51.8. The number of carboxylic acid groups (broad SMARTS) is 2. The number of carbonyl (C=O) groups excluding carboxylic acids is 1. The van der Waals surface area contributed by atoms with E-state index in [-0.39, 0.29) is 24.9 Å². The summed E-state index contributed by atoms with van der Waals surface area (Å²) < 4.78 is 5.27. The SMILES string of the molecule is Cc1c(CC(=O)NCCCCC(C(=O)O)N(COO)CC(=O)O)c(=O)oc2cc(N)ccc12. The second-order valence-corrected chi connectivity index (χ2v) is 7.52. The Morgan fingerprint density at radius 2 is 1.97 bits per heavy atom. The largest absolute Gasteiger partial charge is 0.480 e. The zero-order chi connectivity index (χ0) is 24.5. The molecule has 0 saturated carbocycles. The number of nitrogens with one attached hydrogen (secondary N) is 1. The van der Waals surface area contributed by atoms with Crippen molar-refractivity contribution in [3.05, 3.63) is 39.7 Å². The van der Waals surface area contributed by atoms with Gasteiger partial charge in [0, 0.05) is 23.7 Å². The maximum atomic E-state index is 12.3. The molecule has 0 spiro atoms. The van der Waals surface area contributed by atoms with E-state index in [1.54, 1.807) is 25.1 Å². The van der Waals surface area contributed by atoms with Gasteiger partial charge in [-0.25, -0.2) is 9.68 Å². The van der Waals surface area contributed by atoms with Crippen LogP contribution >= 0.6 is 0 Å². The summed E-state index contributed by atoms with van der Waals surface area (Å²) >= 11 is 0. The number of carbonyl (C=O) groups is 3. The van der Waals surface area contributed by atoms with Gasteiger partial charge in [0.25, 0.3) is 0 Å². The first-order valence-electron chi connectivity index (χ1n) is 10.2. The fraction of sp³-hybridized carbons (Fsp3) is 0.429. The first kappa shape index (κ1) is 25.8. The molecule has 1 atom stereocenters. The van der Waals surface area contributed by atoms with Crippen LogP contribution in [0, 0.1) is 6.92 Å². The van der Waals surface area contributed by atoms with Crippen LogP contribution in [0.5, 0.6) is 0 Å². The molecule has 0 aliphatic heterocycles. The zero-order valence-corrected chi connectivity index (χ0v) is 18.1. The summed E-state index contributed by atoms with van der Waals surface area (Å²) in [5.41, 5.74) is 6.76. The molecular weight excluding hydrogens is 438 g/mol. The molecule has 12 heteroatoms. The van der Waals surface area contributed by atoms with E-state index in [4.69, 9.17) is 20.5 Å².